The van der Waals surface area contributed by atoms with E-state index in [0.717, 1.165) is 0 Å². The Labute approximate surface area is 154 Å². The molecule has 10 heteroatoms. The highest BCUT2D eigenvalue weighted by atomic mass is 16.7. The molecular formula is C17H20O10. The van der Waals surface area contributed by atoms with Gasteiger partial charge in [0.25, 0.3) is 11.6 Å². The van der Waals surface area contributed by atoms with Crippen LogP contribution in [0.3, 0.4) is 0 Å². The van der Waals surface area contributed by atoms with Crippen LogP contribution in [0.5, 0.6) is 0 Å². The summed E-state index contributed by atoms with van der Waals surface area (Å²) in [6.07, 6.45) is -0.432. The molecule has 0 aromatic rings. The summed E-state index contributed by atoms with van der Waals surface area (Å²) in [6.45, 7) is 5.46. The fourth-order valence-corrected chi connectivity index (χ4v) is 2.45. The van der Waals surface area contributed by atoms with E-state index in [9.17, 15) is 29.4 Å². The molecule has 10 nitrogen and oxygen atoms in total. The van der Waals surface area contributed by atoms with Crippen LogP contribution in [0.15, 0.2) is 22.7 Å². The maximum atomic E-state index is 11.8. The van der Waals surface area contributed by atoms with Gasteiger partial charge in [0, 0.05) is 40.5 Å². The highest BCUT2D eigenvalue weighted by Gasteiger charge is 2.42. The third-order valence-corrected chi connectivity index (χ3v) is 3.57. The molecule has 148 valence electrons. The van der Waals surface area contributed by atoms with Crippen LogP contribution in [0.1, 0.15) is 47.0 Å². The van der Waals surface area contributed by atoms with Gasteiger partial charge in [-0.1, -0.05) is 0 Å². The molecule has 0 saturated carbocycles. The van der Waals surface area contributed by atoms with Crippen molar-refractivity contribution < 1.29 is 48.3 Å². The zero-order valence-electron chi connectivity index (χ0n) is 15.3. The van der Waals surface area contributed by atoms with E-state index in [-0.39, 0.29) is 19.3 Å². The van der Waals surface area contributed by atoms with Crippen molar-refractivity contribution >= 4 is 23.9 Å². The molecule has 0 aliphatic carbocycles. The highest BCUT2D eigenvalue weighted by Crippen LogP contribution is 2.27. The van der Waals surface area contributed by atoms with Gasteiger partial charge in [0.05, 0.1) is 0 Å². The van der Waals surface area contributed by atoms with Crippen LogP contribution in [0.2, 0.25) is 0 Å². The second kappa shape index (κ2) is 6.93. The van der Waals surface area contributed by atoms with Crippen molar-refractivity contribution in [2.45, 2.75) is 58.5 Å². The Bertz CT molecular complexity index is 661. The molecule has 2 aliphatic heterocycles. The molecular weight excluding hydrogens is 364 g/mol. The van der Waals surface area contributed by atoms with Gasteiger partial charge < -0.3 is 29.2 Å². The zero-order chi connectivity index (χ0) is 20.6. The number of rotatable bonds is 4. The zero-order valence-corrected chi connectivity index (χ0v) is 15.3. The minimum absolute atomic E-state index is 0.00142. The molecule has 0 atom stereocenters. The lowest BCUT2D eigenvalue weighted by atomic mass is 10.1. The van der Waals surface area contributed by atoms with Crippen LogP contribution in [0.4, 0.5) is 0 Å². The molecule has 0 unspecified atom stereocenters. The van der Waals surface area contributed by atoms with Crippen LogP contribution in [-0.2, 0) is 38.1 Å². The van der Waals surface area contributed by atoms with Gasteiger partial charge in [-0.3, -0.25) is 0 Å². The van der Waals surface area contributed by atoms with Gasteiger partial charge in [-0.25, -0.2) is 19.2 Å². The average molecular weight is 384 g/mol. The lowest BCUT2D eigenvalue weighted by Gasteiger charge is -2.30. The molecule has 2 saturated heterocycles. The quantitative estimate of drug-likeness (QED) is 0.316. The Balaban J connectivity index is 2.05. The molecule has 2 aliphatic rings. The van der Waals surface area contributed by atoms with Crippen molar-refractivity contribution in [1.29, 1.82) is 0 Å². The number of hydrogen-bond donors (Lipinski definition) is 2. The topological polar surface area (TPSA) is 146 Å². The lowest BCUT2D eigenvalue weighted by Crippen LogP contribution is -2.42. The lowest BCUT2D eigenvalue weighted by molar-refractivity contribution is -0.224. The van der Waals surface area contributed by atoms with Crippen molar-refractivity contribution in [3.8, 4) is 0 Å². The van der Waals surface area contributed by atoms with Gasteiger partial charge in [0.2, 0.25) is 0 Å². The van der Waals surface area contributed by atoms with E-state index >= 15 is 0 Å². The van der Waals surface area contributed by atoms with E-state index in [2.05, 4.69) is 0 Å². The first-order valence-corrected chi connectivity index (χ1v) is 8.10. The maximum Gasteiger partial charge on any atom is 0.352 e. The van der Waals surface area contributed by atoms with E-state index < -0.39 is 58.1 Å². The molecule has 2 heterocycles. The summed E-state index contributed by atoms with van der Waals surface area (Å²) in [7, 11) is 0. The Morgan fingerprint density at radius 1 is 0.667 bits per heavy atom. The van der Waals surface area contributed by atoms with Gasteiger partial charge in [0.15, 0.2) is 11.1 Å². The number of esters is 4. The van der Waals surface area contributed by atoms with Gasteiger partial charge in [-0.15, -0.1) is 0 Å². The summed E-state index contributed by atoms with van der Waals surface area (Å²) < 4.78 is 19.5. The first-order valence-electron chi connectivity index (χ1n) is 8.10. The van der Waals surface area contributed by atoms with Crippen LogP contribution in [0.25, 0.3) is 0 Å². The third-order valence-electron chi connectivity index (χ3n) is 3.57. The van der Waals surface area contributed by atoms with Crippen molar-refractivity contribution in [3.63, 3.8) is 0 Å². The second-order valence-corrected chi connectivity index (χ2v) is 6.85. The molecule has 0 bridgehead atoms. The normalized spacial score (nSPS) is 21.0. The third kappa shape index (κ3) is 4.57. The number of cyclic esters (lactones) is 4. The van der Waals surface area contributed by atoms with E-state index in [4.69, 9.17) is 18.9 Å². The number of carbonyl (C=O) groups excluding carboxylic acids is 4. The van der Waals surface area contributed by atoms with E-state index in [1.54, 1.807) is 0 Å². The van der Waals surface area contributed by atoms with E-state index in [1.165, 1.54) is 27.7 Å². The number of carbonyl (C=O) groups is 4. The van der Waals surface area contributed by atoms with Gasteiger partial charge in [-0.2, -0.15) is 0 Å². The first kappa shape index (κ1) is 20.3. The highest BCUT2D eigenvalue weighted by molar-refractivity contribution is 6.16. The minimum Gasteiger partial charge on any atom is -0.511 e. The Kier molecular flexibility index (Phi) is 5.21. The monoisotopic (exact) mass is 384 g/mol. The molecule has 0 amide bonds. The van der Waals surface area contributed by atoms with Crippen LogP contribution < -0.4 is 0 Å². The SMILES string of the molecule is CC1(C)OC(=O)C(=C(O)CCCC(O)=C2C(=O)OC(C)(C)OC2=O)C(=O)O1. The predicted octanol–water partition coefficient (Wildman–Crippen LogP) is 1.45. The number of allylic oxidation sites excluding steroid dienone is 2. The van der Waals surface area contributed by atoms with Crippen molar-refractivity contribution in [1.82, 2.24) is 0 Å². The summed E-state index contributed by atoms with van der Waals surface area (Å²) in [5.74, 6) is -8.17. The van der Waals surface area contributed by atoms with E-state index in [1.807, 2.05) is 0 Å². The van der Waals surface area contributed by atoms with E-state index in [0.29, 0.717) is 0 Å². The molecule has 2 N–H and O–H groups in total. The number of aliphatic hydroxyl groups is 2. The van der Waals surface area contributed by atoms with Crippen molar-refractivity contribution in [2.75, 3.05) is 0 Å². The van der Waals surface area contributed by atoms with Crippen LogP contribution in [0, 0.1) is 0 Å². The molecule has 2 rings (SSSR count). The number of hydrogen-bond acceptors (Lipinski definition) is 10. The minimum atomic E-state index is -1.43. The first-order chi connectivity index (χ1) is 12.3. The summed E-state index contributed by atoms with van der Waals surface area (Å²) in [6, 6.07) is 0. The number of ether oxygens (including phenoxy) is 4. The van der Waals surface area contributed by atoms with Crippen molar-refractivity contribution in [2.24, 2.45) is 0 Å². The summed E-state index contributed by atoms with van der Waals surface area (Å²) >= 11 is 0. The average Bonchev–Trinajstić information content (AvgIpc) is 2.42. The fourth-order valence-electron chi connectivity index (χ4n) is 2.45. The second-order valence-electron chi connectivity index (χ2n) is 6.85. The smallest absolute Gasteiger partial charge is 0.352 e. The maximum absolute atomic E-state index is 11.8. The summed E-state index contributed by atoms with van der Waals surface area (Å²) in [5.41, 5.74) is -1.28. The molecule has 0 aromatic heterocycles. The van der Waals surface area contributed by atoms with Gasteiger partial charge in [0.1, 0.15) is 11.5 Å². The Morgan fingerprint density at radius 2 is 0.926 bits per heavy atom. The molecule has 0 radical (unpaired) electrons. The van der Waals surface area contributed by atoms with Gasteiger partial charge >= 0.3 is 23.9 Å². The van der Waals surface area contributed by atoms with Crippen LogP contribution in [-0.4, -0.2) is 45.7 Å². The fraction of sp³-hybridized carbons (Fsp3) is 0.529. The Morgan fingerprint density at radius 3 is 1.19 bits per heavy atom. The largest absolute Gasteiger partial charge is 0.511 e. The summed E-state index contributed by atoms with van der Waals surface area (Å²) in [4.78, 5) is 47.3. The van der Waals surface area contributed by atoms with Gasteiger partial charge in [-0.05, 0) is 6.42 Å². The predicted molar refractivity (Wildman–Crippen MR) is 85.7 cm³/mol. The molecule has 2 fully saturated rings. The molecule has 27 heavy (non-hydrogen) atoms. The van der Waals surface area contributed by atoms with Crippen molar-refractivity contribution in [3.05, 3.63) is 22.7 Å². The number of aliphatic hydroxyl groups excluding tert-OH is 2. The van der Waals surface area contributed by atoms with Crippen LogP contribution >= 0.6 is 0 Å². The molecule has 0 spiro atoms. The molecule has 0 aromatic carbocycles. The summed E-state index contributed by atoms with van der Waals surface area (Å²) in [5, 5.41) is 20.0. The standard InChI is InChI=1S/C17H20O10/c1-16(2)24-12(20)10(13(21)25-16)8(18)6-5-7-9(19)11-14(22)26-17(3,4)27-15(11)23/h18-19H,5-7H2,1-4H3. The Hall–Kier alpha value is -3.04.